The Morgan fingerprint density at radius 1 is 1.39 bits per heavy atom. The van der Waals surface area contributed by atoms with Gasteiger partial charge in [0, 0.05) is 19.1 Å². The lowest BCUT2D eigenvalue weighted by Gasteiger charge is -2.30. The average molecular weight is 270 g/mol. The zero-order chi connectivity index (χ0) is 12.8. The summed E-state index contributed by atoms with van der Waals surface area (Å²) in [6.07, 6.45) is 10.5. The second-order valence-electron chi connectivity index (χ2n) is 5.44. The van der Waals surface area contributed by atoms with Gasteiger partial charge in [-0.2, -0.15) is 5.10 Å². The molecule has 102 valence electrons. The summed E-state index contributed by atoms with van der Waals surface area (Å²) in [5.41, 5.74) is 1.31. The summed E-state index contributed by atoms with van der Waals surface area (Å²) in [6.45, 7) is 2.16. The molecule has 1 saturated carbocycles. The number of hydrogen-bond acceptors (Lipinski definition) is 2. The third kappa shape index (κ3) is 3.99. The number of hydrogen-bond donors (Lipinski definition) is 1. The molecule has 1 aliphatic carbocycles. The lowest BCUT2D eigenvalue weighted by atomic mass is 9.80. The van der Waals surface area contributed by atoms with Gasteiger partial charge in [-0.1, -0.05) is 12.8 Å². The van der Waals surface area contributed by atoms with E-state index in [1.807, 2.05) is 17.9 Å². The van der Waals surface area contributed by atoms with Crippen LogP contribution in [0.3, 0.4) is 0 Å². The van der Waals surface area contributed by atoms with E-state index in [9.17, 15) is 0 Å². The standard InChI is InChI=1S/C14H24ClN3/c1-18-11-12(9-17-18)6-7-16-10-14-5-3-2-4-13(14)8-15/h9,11,13-14,16H,2-8,10H2,1H3. The molecule has 1 aliphatic rings. The van der Waals surface area contributed by atoms with Gasteiger partial charge in [0.05, 0.1) is 6.20 Å². The van der Waals surface area contributed by atoms with E-state index in [1.165, 1.54) is 31.2 Å². The van der Waals surface area contributed by atoms with Crippen molar-refractivity contribution in [1.29, 1.82) is 0 Å². The van der Waals surface area contributed by atoms with Crippen LogP contribution >= 0.6 is 11.6 Å². The van der Waals surface area contributed by atoms with Crippen molar-refractivity contribution in [2.45, 2.75) is 32.1 Å². The van der Waals surface area contributed by atoms with Gasteiger partial charge in [-0.15, -0.1) is 11.6 Å². The van der Waals surface area contributed by atoms with Crippen molar-refractivity contribution in [3.8, 4) is 0 Å². The Morgan fingerprint density at radius 3 is 2.83 bits per heavy atom. The zero-order valence-corrected chi connectivity index (χ0v) is 12.0. The third-order valence-electron chi connectivity index (χ3n) is 4.02. The molecule has 1 aromatic heterocycles. The number of nitrogens with one attached hydrogen (secondary N) is 1. The molecule has 2 atom stereocenters. The molecular weight excluding hydrogens is 246 g/mol. The van der Waals surface area contributed by atoms with Crippen LogP contribution in [0.2, 0.25) is 0 Å². The molecule has 1 N–H and O–H groups in total. The number of rotatable bonds is 6. The van der Waals surface area contributed by atoms with E-state index in [0.717, 1.165) is 37.2 Å². The molecule has 1 aromatic rings. The van der Waals surface area contributed by atoms with E-state index in [2.05, 4.69) is 16.6 Å². The van der Waals surface area contributed by atoms with Gasteiger partial charge in [0.1, 0.15) is 0 Å². The van der Waals surface area contributed by atoms with Crippen molar-refractivity contribution in [3.05, 3.63) is 18.0 Å². The minimum Gasteiger partial charge on any atom is -0.316 e. The zero-order valence-electron chi connectivity index (χ0n) is 11.2. The number of nitrogens with zero attached hydrogens (tertiary/aromatic N) is 2. The van der Waals surface area contributed by atoms with Crippen molar-refractivity contribution < 1.29 is 0 Å². The highest BCUT2D eigenvalue weighted by molar-refractivity contribution is 6.18. The molecule has 0 aliphatic heterocycles. The Labute approximate surface area is 115 Å². The predicted octanol–water partition coefficient (Wildman–Crippen LogP) is 2.60. The molecule has 1 heterocycles. The fourth-order valence-corrected chi connectivity index (χ4v) is 3.28. The van der Waals surface area contributed by atoms with Gasteiger partial charge in [0.25, 0.3) is 0 Å². The highest BCUT2D eigenvalue weighted by Crippen LogP contribution is 2.30. The average Bonchev–Trinajstić information content (AvgIpc) is 2.81. The van der Waals surface area contributed by atoms with Gasteiger partial charge in [-0.05, 0) is 49.8 Å². The summed E-state index contributed by atoms with van der Waals surface area (Å²) in [7, 11) is 1.96. The van der Waals surface area contributed by atoms with Crippen molar-refractivity contribution >= 4 is 11.6 Å². The number of aryl methyl sites for hydroxylation is 1. The molecule has 4 heteroatoms. The van der Waals surface area contributed by atoms with Gasteiger partial charge in [0.15, 0.2) is 0 Å². The summed E-state index contributed by atoms with van der Waals surface area (Å²) in [4.78, 5) is 0. The maximum Gasteiger partial charge on any atom is 0.0522 e. The Bertz CT molecular complexity index is 351. The fourth-order valence-electron chi connectivity index (χ4n) is 2.88. The molecule has 0 bridgehead atoms. The minimum absolute atomic E-state index is 0.728. The summed E-state index contributed by atoms with van der Waals surface area (Å²) in [5.74, 6) is 2.34. The van der Waals surface area contributed by atoms with Gasteiger partial charge >= 0.3 is 0 Å². The van der Waals surface area contributed by atoms with Crippen LogP contribution < -0.4 is 5.32 Å². The smallest absolute Gasteiger partial charge is 0.0522 e. The van der Waals surface area contributed by atoms with Crippen LogP contribution in [0.1, 0.15) is 31.2 Å². The summed E-state index contributed by atoms with van der Waals surface area (Å²) >= 11 is 6.05. The molecular formula is C14H24ClN3. The molecule has 0 spiro atoms. The molecule has 18 heavy (non-hydrogen) atoms. The summed E-state index contributed by atoms with van der Waals surface area (Å²) in [6, 6.07) is 0. The van der Waals surface area contributed by atoms with Crippen molar-refractivity contribution in [2.75, 3.05) is 19.0 Å². The predicted molar refractivity (Wildman–Crippen MR) is 75.9 cm³/mol. The second kappa shape index (κ2) is 7.15. The molecule has 3 nitrogen and oxygen atoms in total. The van der Waals surface area contributed by atoms with Crippen LogP contribution in [0.25, 0.3) is 0 Å². The Morgan fingerprint density at radius 2 is 2.17 bits per heavy atom. The first-order chi connectivity index (χ1) is 8.79. The van der Waals surface area contributed by atoms with Crippen LogP contribution in [0.5, 0.6) is 0 Å². The highest BCUT2D eigenvalue weighted by atomic mass is 35.5. The van der Waals surface area contributed by atoms with Crippen molar-refractivity contribution in [2.24, 2.45) is 18.9 Å². The van der Waals surface area contributed by atoms with E-state index < -0.39 is 0 Å². The van der Waals surface area contributed by atoms with Crippen molar-refractivity contribution in [3.63, 3.8) is 0 Å². The highest BCUT2D eigenvalue weighted by Gasteiger charge is 2.23. The second-order valence-corrected chi connectivity index (χ2v) is 5.74. The van der Waals surface area contributed by atoms with Crippen molar-refractivity contribution in [1.82, 2.24) is 15.1 Å². The van der Waals surface area contributed by atoms with E-state index in [0.29, 0.717) is 0 Å². The minimum atomic E-state index is 0.728. The normalized spacial score (nSPS) is 24.3. The SMILES string of the molecule is Cn1cc(CCNCC2CCCCC2CCl)cn1. The van der Waals surface area contributed by atoms with E-state index >= 15 is 0 Å². The molecule has 2 rings (SSSR count). The molecule has 1 fully saturated rings. The summed E-state index contributed by atoms with van der Waals surface area (Å²) in [5, 5.41) is 7.76. The number of aromatic nitrogens is 2. The summed E-state index contributed by atoms with van der Waals surface area (Å²) < 4.78 is 1.86. The number of alkyl halides is 1. The molecule has 0 saturated heterocycles. The maximum absolute atomic E-state index is 6.05. The Hall–Kier alpha value is -0.540. The lowest BCUT2D eigenvalue weighted by molar-refractivity contribution is 0.251. The molecule has 0 radical (unpaired) electrons. The lowest BCUT2D eigenvalue weighted by Crippen LogP contribution is -2.32. The van der Waals surface area contributed by atoms with Gasteiger partial charge < -0.3 is 5.32 Å². The quantitative estimate of drug-likeness (QED) is 0.636. The van der Waals surface area contributed by atoms with Crippen LogP contribution in [0.15, 0.2) is 12.4 Å². The maximum atomic E-state index is 6.05. The van der Waals surface area contributed by atoms with Crippen LogP contribution in [-0.4, -0.2) is 28.8 Å². The van der Waals surface area contributed by atoms with Gasteiger partial charge in [0.2, 0.25) is 0 Å². The molecule has 0 amide bonds. The first kappa shape index (κ1) is 13.9. The van der Waals surface area contributed by atoms with E-state index in [1.54, 1.807) is 0 Å². The number of halogens is 1. The Balaban J connectivity index is 1.65. The van der Waals surface area contributed by atoms with Gasteiger partial charge in [-0.3, -0.25) is 4.68 Å². The first-order valence-electron chi connectivity index (χ1n) is 7.04. The Kier molecular flexibility index (Phi) is 5.51. The molecule has 0 aromatic carbocycles. The van der Waals surface area contributed by atoms with Crippen LogP contribution in [-0.2, 0) is 13.5 Å². The third-order valence-corrected chi connectivity index (χ3v) is 4.42. The van der Waals surface area contributed by atoms with Crippen LogP contribution in [0, 0.1) is 11.8 Å². The van der Waals surface area contributed by atoms with E-state index in [4.69, 9.17) is 11.6 Å². The first-order valence-corrected chi connectivity index (χ1v) is 7.57. The monoisotopic (exact) mass is 269 g/mol. The molecule has 2 unspecified atom stereocenters. The largest absolute Gasteiger partial charge is 0.316 e. The van der Waals surface area contributed by atoms with Crippen LogP contribution in [0.4, 0.5) is 0 Å². The van der Waals surface area contributed by atoms with Gasteiger partial charge in [-0.25, -0.2) is 0 Å². The fraction of sp³-hybridized carbons (Fsp3) is 0.786. The van der Waals surface area contributed by atoms with E-state index in [-0.39, 0.29) is 0 Å². The topological polar surface area (TPSA) is 29.9 Å².